The summed E-state index contributed by atoms with van der Waals surface area (Å²) in [6.07, 6.45) is 0.282. The maximum atomic E-state index is 11.8. The number of likely N-dealkylation sites (tertiary alicyclic amines) is 1. The molecule has 0 bridgehead atoms. The molecule has 0 saturated carbocycles. The number of carbonyl (C=O) groups is 2. The van der Waals surface area contributed by atoms with Crippen molar-refractivity contribution in [3.63, 3.8) is 0 Å². The van der Waals surface area contributed by atoms with Crippen molar-refractivity contribution >= 4 is 17.5 Å². The first-order valence-corrected chi connectivity index (χ1v) is 7.41. The third-order valence-corrected chi connectivity index (χ3v) is 3.57. The molecule has 1 fully saturated rings. The van der Waals surface area contributed by atoms with Crippen LogP contribution < -0.4 is 10.1 Å². The van der Waals surface area contributed by atoms with Gasteiger partial charge in [-0.05, 0) is 37.6 Å². The highest BCUT2D eigenvalue weighted by molar-refractivity contribution is 5.92. The average molecular weight is 306 g/mol. The molecular formula is C16H22N2O4. The molecule has 2 rings (SSSR count). The molecule has 1 heterocycles. The number of hydrogen-bond acceptors (Lipinski definition) is 4. The first kappa shape index (κ1) is 16.3. The predicted molar refractivity (Wildman–Crippen MR) is 83.0 cm³/mol. The highest BCUT2D eigenvalue weighted by Gasteiger charge is 2.30. The zero-order chi connectivity index (χ0) is 16.1. The molecule has 120 valence electrons. The summed E-state index contributed by atoms with van der Waals surface area (Å²) in [5.41, 5.74) is 1.59. The van der Waals surface area contributed by atoms with Crippen molar-refractivity contribution < 1.29 is 19.1 Å². The van der Waals surface area contributed by atoms with Gasteiger partial charge < -0.3 is 19.7 Å². The first-order chi connectivity index (χ1) is 10.5. The SMILES string of the molecule is CCOCC(=O)Nc1ccc(O[C@@H]2CCN(C)C2=O)cc1C. The Bertz CT molecular complexity index is 559. The van der Waals surface area contributed by atoms with Gasteiger partial charge in [-0.3, -0.25) is 9.59 Å². The topological polar surface area (TPSA) is 67.9 Å². The molecule has 0 unspecified atom stereocenters. The molecule has 0 radical (unpaired) electrons. The standard InChI is InChI=1S/C16H22N2O4/c1-4-21-10-15(19)17-13-6-5-12(9-11(13)2)22-14-7-8-18(3)16(14)20/h5-6,9,14H,4,7-8,10H2,1-3H3,(H,17,19)/t14-/m1/s1. The van der Waals surface area contributed by atoms with Crippen LogP contribution in [0.2, 0.25) is 0 Å². The lowest BCUT2D eigenvalue weighted by Crippen LogP contribution is -2.29. The molecule has 1 aliphatic rings. The molecule has 1 saturated heterocycles. The number of amides is 2. The number of nitrogens with one attached hydrogen (secondary N) is 1. The molecular weight excluding hydrogens is 284 g/mol. The van der Waals surface area contributed by atoms with Crippen LogP contribution in [-0.4, -0.2) is 49.6 Å². The lowest BCUT2D eigenvalue weighted by atomic mass is 10.2. The molecule has 1 N–H and O–H groups in total. The number of nitrogens with zero attached hydrogens (tertiary/aromatic N) is 1. The van der Waals surface area contributed by atoms with E-state index in [-0.39, 0.29) is 18.4 Å². The van der Waals surface area contributed by atoms with Gasteiger partial charge in [0.15, 0.2) is 6.10 Å². The third kappa shape index (κ3) is 3.98. The number of aryl methyl sites for hydroxylation is 1. The minimum Gasteiger partial charge on any atom is -0.481 e. The molecule has 1 aromatic carbocycles. The van der Waals surface area contributed by atoms with Crippen LogP contribution in [0.4, 0.5) is 5.69 Å². The molecule has 1 aromatic rings. The second-order valence-corrected chi connectivity index (χ2v) is 5.32. The van der Waals surface area contributed by atoms with Gasteiger partial charge in [0, 0.05) is 32.3 Å². The van der Waals surface area contributed by atoms with Gasteiger partial charge in [0.05, 0.1) is 0 Å². The molecule has 2 amide bonds. The fraction of sp³-hybridized carbons (Fsp3) is 0.500. The van der Waals surface area contributed by atoms with E-state index in [2.05, 4.69) is 5.32 Å². The van der Waals surface area contributed by atoms with Crippen LogP contribution in [0.25, 0.3) is 0 Å². The van der Waals surface area contributed by atoms with Crippen LogP contribution in [0.15, 0.2) is 18.2 Å². The fourth-order valence-electron chi connectivity index (χ4n) is 2.29. The Labute approximate surface area is 130 Å². The van der Waals surface area contributed by atoms with E-state index < -0.39 is 6.10 Å². The van der Waals surface area contributed by atoms with E-state index in [1.54, 1.807) is 24.1 Å². The van der Waals surface area contributed by atoms with Crippen molar-refractivity contribution in [1.82, 2.24) is 4.90 Å². The molecule has 1 aliphatic heterocycles. The second-order valence-electron chi connectivity index (χ2n) is 5.32. The monoisotopic (exact) mass is 306 g/mol. The number of rotatable bonds is 6. The Hall–Kier alpha value is -2.08. The van der Waals surface area contributed by atoms with E-state index in [4.69, 9.17) is 9.47 Å². The number of anilines is 1. The van der Waals surface area contributed by atoms with Crippen molar-refractivity contribution in [3.05, 3.63) is 23.8 Å². The maximum Gasteiger partial charge on any atom is 0.263 e. The highest BCUT2D eigenvalue weighted by atomic mass is 16.5. The van der Waals surface area contributed by atoms with Crippen molar-refractivity contribution in [2.45, 2.75) is 26.4 Å². The van der Waals surface area contributed by atoms with Gasteiger partial charge in [0.2, 0.25) is 5.91 Å². The third-order valence-electron chi connectivity index (χ3n) is 3.57. The fourth-order valence-corrected chi connectivity index (χ4v) is 2.29. The summed E-state index contributed by atoms with van der Waals surface area (Å²) in [6.45, 7) is 4.98. The summed E-state index contributed by atoms with van der Waals surface area (Å²) in [4.78, 5) is 25.2. The molecule has 0 aliphatic carbocycles. The van der Waals surface area contributed by atoms with E-state index >= 15 is 0 Å². The molecule has 6 heteroatoms. The summed E-state index contributed by atoms with van der Waals surface area (Å²) >= 11 is 0. The highest BCUT2D eigenvalue weighted by Crippen LogP contribution is 2.24. The molecule has 6 nitrogen and oxygen atoms in total. The van der Waals surface area contributed by atoms with Crippen molar-refractivity contribution in [2.24, 2.45) is 0 Å². The number of hydrogen-bond donors (Lipinski definition) is 1. The summed E-state index contributed by atoms with van der Waals surface area (Å²) < 4.78 is 10.8. The van der Waals surface area contributed by atoms with Gasteiger partial charge >= 0.3 is 0 Å². The second kappa shape index (κ2) is 7.26. The normalized spacial score (nSPS) is 17.7. The summed E-state index contributed by atoms with van der Waals surface area (Å²) in [6, 6.07) is 5.36. The van der Waals surface area contributed by atoms with Gasteiger partial charge in [-0.2, -0.15) is 0 Å². The van der Waals surface area contributed by atoms with Crippen LogP contribution in [0.1, 0.15) is 18.9 Å². The smallest absolute Gasteiger partial charge is 0.263 e. The first-order valence-electron chi connectivity index (χ1n) is 7.41. The van der Waals surface area contributed by atoms with Crippen LogP contribution in [0.3, 0.4) is 0 Å². The summed E-state index contributed by atoms with van der Waals surface area (Å²) in [7, 11) is 1.77. The van der Waals surface area contributed by atoms with Crippen molar-refractivity contribution in [2.75, 3.05) is 32.1 Å². The molecule has 0 aromatic heterocycles. The van der Waals surface area contributed by atoms with Crippen LogP contribution >= 0.6 is 0 Å². The quantitative estimate of drug-likeness (QED) is 0.866. The van der Waals surface area contributed by atoms with E-state index in [9.17, 15) is 9.59 Å². The maximum absolute atomic E-state index is 11.8. The van der Waals surface area contributed by atoms with Crippen molar-refractivity contribution in [3.8, 4) is 5.75 Å². The lowest BCUT2D eigenvalue weighted by molar-refractivity contribution is -0.132. The zero-order valence-corrected chi connectivity index (χ0v) is 13.2. The largest absolute Gasteiger partial charge is 0.481 e. The summed E-state index contributed by atoms with van der Waals surface area (Å²) in [5, 5.41) is 2.79. The minimum atomic E-state index is -0.414. The Morgan fingerprint density at radius 3 is 2.82 bits per heavy atom. The van der Waals surface area contributed by atoms with E-state index in [0.29, 0.717) is 31.0 Å². The van der Waals surface area contributed by atoms with Crippen molar-refractivity contribution in [1.29, 1.82) is 0 Å². The van der Waals surface area contributed by atoms with E-state index in [1.807, 2.05) is 19.9 Å². The molecule has 0 spiro atoms. The minimum absolute atomic E-state index is 0.00625. The van der Waals surface area contributed by atoms with Gasteiger partial charge in [0.1, 0.15) is 12.4 Å². The van der Waals surface area contributed by atoms with Crippen LogP contribution in [0, 0.1) is 6.92 Å². The van der Waals surface area contributed by atoms with Gasteiger partial charge in [-0.1, -0.05) is 0 Å². The Morgan fingerprint density at radius 2 is 2.23 bits per heavy atom. The van der Waals surface area contributed by atoms with Crippen LogP contribution in [0.5, 0.6) is 5.75 Å². The number of ether oxygens (including phenoxy) is 2. The Morgan fingerprint density at radius 1 is 1.45 bits per heavy atom. The Kier molecular flexibility index (Phi) is 5.38. The number of benzene rings is 1. The van der Waals surface area contributed by atoms with E-state index in [1.165, 1.54) is 0 Å². The lowest BCUT2D eigenvalue weighted by Gasteiger charge is -2.15. The van der Waals surface area contributed by atoms with Gasteiger partial charge in [-0.25, -0.2) is 0 Å². The van der Waals surface area contributed by atoms with Gasteiger partial charge in [-0.15, -0.1) is 0 Å². The average Bonchev–Trinajstić information content (AvgIpc) is 2.80. The van der Waals surface area contributed by atoms with Gasteiger partial charge in [0.25, 0.3) is 5.91 Å². The predicted octanol–water partition coefficient (Wildman–Crippen LogP) is 1.58. The number of likely N-dealkylation sites (N-methyl/N-ethyl adjacent to an activating group) is 1. The number of carbonyl (C=O) groups excluding carboxylic acids is 2. The zero-order valence-electron chi connectivity index (χ0n) is 13.2. The van der Waals surface area contributed by atoms with Crippen LogP contribution in [-0.2, 0) is 14.3 Å². The molecule has 22 heavy (non-hydrogen) atoms. The molecule has 1 atom stereocenters. The Balaban J connectivity index is 1.97. The van der Waals surface area contributed by atoms with E-state index in [0.717, 1.165) is 5.56 Å². The summed E-state index contributed by atoms with van der Waals surface area (Å²) in [5.74, 6) is 0.451.